The number of halogens is 2. The average molecular weight is 407 g/mol. The van der Waals surface area contributed by atoms with Gasteiger partial charge in [-0.15, -0.1) is 0 Å². The first-order valence-corrected chi connectivity index (χ1v) is 9.20. The monoisotopic (exact) mass is 406 g/mol. The molecule has 1 aliphatic heterocycles. The summed E-state index contributed by atoms with van der Waals surface area (Å²) in [6.45, 7) is 2.48. The number of nitrogens with one attached hydrogen (secondary N) is 2. The largest absolute Gasteiger partial charge is 0.474 e. The molecule has 0 radical (unpaired) electrons. The van der Waals surface area contributed by atoms with Gasteiger partial charge in [-0.25, -0.2) is 14.2 Å². The van der Waals surface area contributed by atoms with Gasteiger partial charge >= 0.3 is 6.03 Å². The van der Waals surface area contributed by atoms with Crippen molar-refractivity contribution in [3.63, 3.8) is 0 Å². The molecule has 2 N–H and O–H groups in total. The number of rotatable bonds is 4. The number of anilines is 2. The Hall–Kier alpha value is -2.87. The van der Waals surface area contributed by atoms with Gasteiger partial charge in [-0.05, 0) is 24.3 Å². The molecular formula is C19H20ClFN4O3. The number of pyridine rings is 1. The first-order valence-electron chi connectivity index (χ1n) is 8.82. The van der Waals surface area contributed by atoms with Crippen LogP contribution in [0.3, 0.4) is 0 Å². The SMILES string of the molecule is CC(=O)Nc1ccc(OC2CCN(C(=O)Nc3ccc(F)c(Cl)c3)CC2)nc1. The molecule has 148 valence electrons. The highest BCUT2D eigenvalue weighted by Gasteiger charge is 2.24. The van der Waals surface area contributed by atoms with Crippen molar-refractivity contribution in [1.82, 2.24) is 9.88 Å². The Kier molecular flexibility index (Phi) is 6.30. The summed E-state index contributed by atoms with van der Waals surface area (Å²) in [5.41, 5.74) is 1.05. The lowest BCUT2D eigenvalue weighted by Crippen LogP contribution is -2.43. The van der Waals surface area contributed by atoms with E-state index in [-0.39, 0.29) is 23.1 Å². The summed E-state index contributed by atoms with van der Waals surface area (Å²) in [5.74, 6) is -0.224. The zero-order valence-electron chi connectivity index (χ0n) is 15.2. The number of carbonyl (C=O) groups is 2. The number of aromatic nitrogens is 1. The highest BCUT2D eigenvalue weighted by molar-refractivity contribution is 6.31. The van der Waals surface area contributed by atoms with E-state index in [1.54, 1.807) is 17.0 Å². The molecule has 7 nitrogen and oxygen atoms in total. The normalized spacial score (nSPS) is 14.5. The standard InChI is InChI=1S/C19H20ClFN4O3/c1-12(26)23-14-3-5-18(22-11-14)28-15-6-8-25(9-7-15)19(27)24-13-2-4-17(21)16(20)10-13/h2-5,10-11,15H,6-9H2,1H3,(H,23,26)(H,24,27). The quantitative estimate of drug-likeness (QED) is 0.806. The molecule has 3 amide bonds. The highest BCUT2D eigenvalue weighted by Crippen LogP contribution is 2.22. The minimum atomic E-state index is -0.531. The van der Waals surface area contributed by atoms with E-state index in [4.69, 9.17) is 16.3 Å². The molecule has 1 aromatic heterocycles. The second kappa shape index (κ2) is 8.88. The van der Waals surface area contributed by atoms with E-state index in [1.807, 2.05) is 0 Å². The van der Waals surface area contributed by atoms with Gasteiger partial charge in [-0.1, -0.05) is 11.6 Å². The number of ether oxygens (including phenoxy) is 1. The van der Waals surface area contributed by atoms with Crippen LogP contribution in [0.4, 0.5) is 20.6 Å². The van der Waals surface area contributed by atoms with Gasteiger partial charge in [0.2, 0.25) is 11.8 Å². The number of likely N-dealkylation sites (tertiary alicyclic amines) is 1. The zero-order chi connectivity index (χ0) is 20.1. The Morgan fingerprint density at radius 1 is 1.18 bits per heavy atom. The topological polar surface area (TPSA) is 83.6 Å². The summed E-state index contributed by atoms with van der Waals surface area (Å²) in [5, 5.41) is 5.32. The maximum atomic E-state index is 13.2. The Morgan fingerprint density at radius 3 is 2.50 bits per heavy atom. The molecule has 1 saturated heterocycles. The third-order valence-electron chi connectivity index (χ3n) is 4.24. The molecule has 2 aromatic rings. The molecule has 1 fully saturated rings. The average Bonchev–Trinajstić information content (AvgIpc) is 2.66. The molecule has 0 spiro atoms. The van der Waals surface area contributed by atoms with Gasteiger partial charge in [-0.2, -0.15) is 0 Å². The number of urea groups is 1. The molecule has 0 atom stereocenters. The van der Waals surface area contributed by atoms with Crippen molar-refractivity contribution in [2.24, 2.45) is 0 Å². The second-order valence-electron chi connectivity index (χ2n) is 6.43. The Balaban J connectivity index is 1.47. The molecule has 0 saturated carbocycles. The van der Waals surface area contributed by atoms with Gasteiger partial charge in [0.25, 0.3) is 0 Å². The first-order chi connectivity index (χ1) is 13.4. The highest BCUT2D eigenvalue weighted by atomic mass is 35.5. The van der Waals surface area contributed by atoms with Crippen LogP contribution in [0.1, 0.15) is 19.8 Å². The number of hydrogen-bond donors (Lipinski definition) is 2. The van der Waals surface area contributed by atoms with Crippen LogP contribution in [0, 0.1) is 5.82 Å². The van der Waals surface area contributed by atoms with Crippen LogP contribution in [0.15, 0.2) is 36.5 Å². The van der Waals surface area contributed by atoms with Gasteiger partial charge in [0.15, 0.2) is 0 Å². The number of hydrogen-bond acceptors (Lipinski definition) is 4. The van der Waals surface area contributed by atoms with Crippen LogP contribution in [-0.4, -0.2) is 41.0 Å². The van der Waals surface area contributed by atoms with Gasteiger partial charge in [0.1, 0.15) is 11.9 Å². The third-order valence-corrected chi connectivity index (χ3v) is 4.53. The lowest BCUT2D eigenvalue weighted by Gasteiger charge is -2.32. The lowest BCUT2D eigenvalue weighted by atomic mass is 10.1. The maximum Gasteiger partial charge on any atom is 0.321 e. The van der Waals surface area contributed by atoms with Crippen molar-refractivity contribution in [3.05, 3.63) is 47.4 Å². The van der Waals surface area contributed by atoms with Crippen molar-refractivity contribution in [2.75, 3.05) is 23.7 Å². The number of nitrogens with zero attached hydrogens (tertiary/aromatic N) is 2. The van der Waals surface area contributed by atoms with Crippen LogP contribution in [0.5, 0.6) is 5.88 Å². The van der Waals surface area contributed by atoms with Crippen LogP contribution in [0.25, 0.3) is 0 Å². The minimum Gasteiger partial charge on any atom is -0.474 e. The third kappa shape index (κ3) is 5.32. The first kappa shape index (κ1) is 19.9. The fourth-order valence-electron chi connectivity index (χ4n) is 2.85. The molecule has 0 bridgehead atoms. The summed E-state index contributed by atoms with van der Waals surface area (Å²) in [7, 11) is 0. The van der Waals surface area contributed by atoms with Crippen molar-refractivity contribution in [2.45, 2.75) is 25.9 Å². The van der Waals surface area contributed by atoms with Gasteiger partial charge < -0.3 is 20.3 Å². The van der Waals surface area contributed by atoms with Gasteiger partial charge in [0, 0.05) is 44.6 Å². The van der Waals surface area contributed by atoms with Crippen LogP contribution in [0.2, 0.25) is 5.02 Å². The molecule has 0 aliphatic carbocycles. The number of benzene rings is 1. The van der Waals surface area contributed by atoms with Crippen LogP contribution in [-0.2, 0) is 4.79 Å². The van der Waals surface area contributed by atoms with Crippen molar-refractivity contribution in [3.8, 4) is 5.88 Å². The molecular weight excluding hydrogens is 387 g/mol. The van der Waals surface area contributed by atoms with E-state index in [0.29, 0.717) is 43.2 Å². The molecule has 28 heavy (non-hydrogen) atoms. The summed E-state index contributed by atoms with van der Waals surface area (Å²) in [4.78, 5) is 29.2. The number of piperidine rings is 1. The van der Waals surface area contributed by atoms with E-state index in [9.17, 15) is 14.0 Å². The van der Waals surface area contributed by atoms with E-state index in [2.05, 4.69) is 15.6 Å². The Labute approximate surface area is 166 Å². The fourth-order valence-corrected chi connectivity index (χ4v) is 3.03. The predicted molar refractivity (Wildman–Crippen MR) is 104 cm³/mol. The smallest absolute Gasteiger partial charge is 0.321 e. The molecule has 1 aliphatic rings. The van der Waals surface area contributed by atoms with E-state index >= 15 is 0 Å². The Morgan fingerprint density at radius 2 is 1.89 bits per heavy atom. The molecule has 1 aromatic carbocycles. The van der Waals surface area contributed by atoms with E-state index < -0.39 is 5.82 Å². The van der Waals surface area contributed by atoms with E-state index in [0.717, 1.165) is 0 Å². The minimum absolute atomic E-state index is 0.0399. The Bertz CT molecular complexity index is 855. The van der Waals surface area contributed by atoms with Crippen LogP contribution < -0.4 is 15.4 Å². The summed E-state index contributed by atoms with van der Waals surface area (Å²) in [6, 6.07) is 7.20. The van der Waals surface area contributed by atoms with E-state index in [1.165, 1.54) is 31.3 Å². The van der Waals surface area contributed by atoms with Crippen molar-refractivity contribution < 1.29 is 18.7 Å². The number of amides is 3. The fraction of sp³-hybridized carbons (Fsp3) is 0.316. The molecule has 3 rings (SSSR count). The van der Waals surface area contributed by atoms with Crippen LogP contribution >= 0.6 is 11.6 Å². The summed E-state index contributed by atoms with van der Waals surface area (Å²) in [6.07, 6.45) is 2.80. The van der Waals surface area contributed by atoms with Crippen molar-refractivity contribution in [1.29, 1.82) is 0 Å². The molecule has 9 heteroatoms. The van der Waals surface area contributed by atoms with Crippen molar-refractivity contribution >= 4 is 34.9 Å². The predicted octanol–water partition coefficient (Wildman–Crippen LogP) is 3.91. The molecule has 2 heterocycles. The lowest BCUT2D eigenvalue weighted by molar-refractivity contribution is -0.114. The maximum absolute atomic E-state index is 13.2. The van der Waals surface area contributed by atoms with Gasteiger partial charge in [-0.3, -0.25) is 4.79 Å². The number of carbonyl (C=O) groups excluding carboxylic acids is 2. The zero-order valence-corrected chi connectivity index (χ0v) is 16.0. The molecule has 0 unspecified atom stereocenters. The second-order valence-corrected chi connectivity index (χ2v) is 6.84. The van der Waals surface area contributed by atoms with Gasteiger partial charge in [0.05, 0.1) is 16.9 Å². The summed E-state index contributed by atoms with van der Waals surface area (Å²) >= 11 is 5.73. The summed E-state index contributed by atoms with van der Waals surface area (Å²) < 4.78 is 19.0.